The number of carbonyl (C=O) groups excluding carboxylic acids is 3. The molecule has 1 unspecified atom stereocenters. The second kappa shape index (κ2) is 8.52. The highest BCUT2D eigenvalue weighted by atomic mass is 19.3. The molecule has 0 saturated heterocycles. The number of alkyl halides is 2. The van der Waals surface area contributed by atoms with E-state index in [-0.39, 0.29) is 17.9 Å². The zero-order chi connectivity index (χ0) is 19.2. The van der Waals surface area contributed by atoms with Gasteiger partial charge in [0.05, 0.1) is 11.1 Å². The smallest absolute Gasteiger partial charge is 0.340 e. The van der Waals surface area contributed by atoms with Gasteiger partial charge in [0.25, 0.3) is 0 Å². The number of hydrogen-bond acceptors (Lipinski definition) is 7. The van der Waals surface area contributed by atoms with Crippen LogP contribution in [-0.4, -0.2) is 43.8 Å². The average molecular weight is 359 g/mol. The van der Waals surface area contributed by atoms with Gasteiger partial charge in [-0.2, -0.15) is 8.78 Å². The Balaban J connectivity index is 2.89. The lowest BCUT2D eigenvalue weighted by Gasteiger charge is -2.30. The van der Waals surface area contributed by atoms with Crippen molar-refractivity contribution in [3.8, 4) is 0 Å². The van der Waals surface area contributed by atoms with E-state index >= 15 is 0 Å². The lowest BCUT2D eigenvalue weighted by molar-refractivity contribution is -0.337. The van der Waals surface area contributed by atoms with Crippen molar-refractivity contribution in [3.05, 3.63) is 35.4 Å². The Morgan fingerprint density at radius 2 is 1.56 bits per heavy atom. The Bertz CT molecular complexity index is 626. The highest BCUT2D eigenvalue weighted by Gasteiger charge is 2.46. The molecule has 0 radical (unpaired) electrons. The van der Waals surface area contributed by atoms with Crippen molar-refractivity contribution in [3.63, 3.8) is 0 Å². The van der Waals surface area contributed by atoms with Gasteiger partial charge in [-0.15, -0.1) is 0 Å². The number of aliphatic carboxylic acids is 1. The Kier molecular flexibility index (Phi) is 6.98. The predicted molar refractivity (Wildman–Crippen MR) is 77.7 cm³/mol. The lowest BCUT2D eigenvalue weighted by atomic mass is 10.0. The largest absolute Gasteiger partial charge is 0.544 e. The van der Waals surface area contributed by atoms with E-state index in [0.29, 0.717) is 0 Å². The molecule has 0 aliphatic heterocycles. The Morgan fingerprint density at radius 1 is 1.08 bits per heavy atom. The molecule has 0 heterocycles. The van der Waals surface area contributed by atoms with Gasteiger partial charge >= 0.3 is 17.9 Å². The number of esters is 2. The highest BCUT2D eigenvalue weighted by Crippen LogP contribution is 2.27. The fraction of sp³-hybridized carbons (Fsp3) is 0.438. The van der Waals surface area contributed by atoms with Crippen molar-refractivity contribution in [1.82, 2.24) is 0 Å². The summed E-state index contributed by atoms with van der Waals surface area (Å²) in [6.45, 7) is 2.31. The summed E-state index contributed by atoms with van der Waals surface area (Å²) in [5, 5.41) is 10.6. The zero-order valence-electron chi connectivity index (χ0n) is 13.8. The SMILES string of the molecule is COCOC(=O)c1ccc(C(=O)OC(C(C)C)C(F)(F)C(=O)[O-])cc1. The molecule has 7 nitrogen and oxygen atoms in total. The van der Waals surface area contributed by atoms with Gasteiger partial charge in [0.15, 0.2) is 12.9 Å². The van der Waals surface area contributed by atoms with Crippen LogP contribution in [-0.2, 0) is 19.0 Å². The van der Waals surface area contributed by atoms with Crippen LogP contribution in [0.5, 0.6) is 0 Å². The Morgan fingerprint density at radius 3 is 1.96 bits per heavy atom. The number of halogens is 2. The second-order valence-corrected chi connectivity index (χ2v) is 5.40. The lowest BCUT2D eigenvalue weighted by Crippen LogP contribution is -2.53. The summed E-state index contributed by atoms with van der Waals surface area (Å²) in [5.74, 6) is -9.80. The number of carboxylic acid groups (broad SMARTS) is 1. The number of hydrogen-bond donors (Lipinski definition) is 0. The molecule has 25 heavy (non-hydrogen) atoms. The van der Waals surface area contributed by atoms with Gasteiger partial charge in [-0.3, -0.25) is 0 Å². The fourth-order valence-corrected chi connectivity index (χ4v) is 1.87. The summed E-state index contributed by atoms with van der Waals surface area (Å²) in [4.78, 5) is 34.1. The fourth-order valence-electron chi connectivity index (χ4n) is 1.87. The van der Waals surface area contributed by atoms with E-state index < -0.39 is 35.9 Å². The van der Waals surface area contributed by atoms with Gasteiger partial charge in [0.2, 0.25) is 0 Å². The monoisotopic (exact) mass is 359 g/mol. The molecule has 0 spiro atoms. The molecule has 1 atom stereocenters. The van der Waals surface area contributed by atoms with Crippen LogP contribution in [0.15, 0.2) is 24.3 Å². The Labute approximate surface area is 142 Å². The molecule has 0 aliphatic rings. The molecule has 0 fully saturated rings. The van der Waals surface area contributed by atoms with Gasteiger partial charge in [-0.25, -0.2) is 9.59 Å². The molecule has 1 rings (SSSR count). The molecule has 0 saturated carbocycles. The summed E-state index contributed by atoms with van der Waals surface area (Å²) in [6.07, 6.45) is -2.20. The van der Waals surface area contributed by atoms with E-state index in [9.17, 15) is 28.3 Å². The molecule has 0 amide bonds. The first kappa shape index (κ1) is 20.5. The van der Waals surface area contributed by atoms with Crippen LogP contribution >= 0.6 is 0 Å². The molecule has 0 aliphatic carbocycles. The van der Waals surface area contributed by atoms with Gasteiger partial charge in [-0.05, 0) is 30.2 Å². The van der Waals surface area contributed by atoms with Gasteiger partial charge in [0, 0.05) is 7.11 Å². The third-order valence-electron chi connectivity index (χ3n) is 3.13. The number of carbonyl (C=O) groups is 3. The van der Waals surface area contributed by atoms with Crippen molar-refractivity contribution in [2.24, 2.45) is 5.92 Å². The van der Waals surface area contributed by atoms with Crippen LogP contribution in [0.3, 0.4) is 0 Å². The topological polar surface area (TPSA) is 102 Å². The van der Waals surface area contributed by atoms with Gasteiger partial charge in [0.1, 0.15) is 5.97 Å². The molecular formula is C16H17F2O7-. The summed E-state index contributed by atoms with van der Waals surface area (Å²) in [6, 6.07) is 4.80. The number of rotatable bonds is 8. The molecule has 138 valence electrons. The van der Waals surface area contributed by atoms with Crippen LogP contribution < -0.4 is 5.11 Å². The second-order valence-electron chi connectivity index (χ2n) is 5.40. The average Bonchev–Trinajstić information content (AvgIpc) is 2.56. The molecule has 0 aromatic heterocycles. The van der Waals surface area contributed by atoms with Crippen molar-refractivity contribution >= 4 is 17.9 Å². The maximum Gasteiger partial charge on any atom is 0.340 e. The van der Waals surface area contributed by atoms with Crippen LogP contribution in [0, 0.1) is 5.92 Å². The van der Waals surface area contributed by atoms with E-state index in [0.717, 1.165) is 0 Å². The summed E-state index contributed by atoms with van der Waals surface area (Å²) in [5.41, 5.74) is -0.0304. The molecule has 1 aromatic carbocycles. The summed E-state index contributed by atoms with van der Waals surface area (Å²) >= 11 is 0. The van der Waals surface area contributed by atoms with E-state index in [1.54, 1.807) is 0 Å². The van der Waals surface area contributed by atoms with Crippen LogP contribution in [0.2, 0.25) is 0 Å². The minimum Gasteiger partial charge on any atom is -0.544 e. The molecule has 1 aromatic rings. The summed E-state index contributed by atoms with van der Waals surface area (Å²) in [7, 11) is 1.33. The first-order valence-corrected chi connectivity index (χ1v) is 7.17. The summed E-state index contributed by atoms with van der Waals surface area (Å²) < 4.78 is 41.1. The maximum atomic E-state index is 13.6. The highest BCUT2D eigenvalue weighted by molar-refractivity contribution is 5.93. The minimum atomic E-state index is -4.34. The van der Waals surface area contributed by atoms with Crippen molar-refractivity contribution in [2.75, 3.05) is 13.9 Å². The molecule has 9 heteroatoms. The van der Waals surface area contributed by atoms with Crippen LogP contribution in [0.1, 0.15) is 34.6 Å². The molecular weight excluding hydrogens is 342 g/mol. The third-order valence-corrected chi connectivity index (χ3v) is 3.13. The predicted octanol–water partition coefficient (Wildman–Crippen LogP) is 1.01. The van der Waals surface area contributed by atoms with Crippen LogP contribution in [0.4, 0.5) is 8.78 Å². The Hall–Kier alpha value is -2.55. The normalized spacial score (nSPS) is 12.6. The number of methoxy groups -OCH3 is 1. The van der Waals surface area contributed by atoms with Crippen molar-refractivity contribution in [2.45, 2.75) is 25.9 Å². The zero-order valence-corrected chi connectivity index (χ0v) is 13.8. The van der Waals surface area contributed by atoms with E-state index in [1.165, 1.54) is 45.2 Å². The first-order chi connectivity index (χ1) is 11.6. The minimum absolute atomic E-state index is 0.106. The van der Waals surface area contributed by atoms with Crippen molar-refractivity contribution in [1.29, 1.82) is 0 Å². The molecule has 0 bridgehead atoms. The van der Waals surface area contributed by atoms with Gasteiger partial charge in [-0.1, -0.05) is 13.8 Å². The molecule has 0 N–H and O–H groups in total. The van der Waals surface area contributed by atoms with E-state index in [4.69, 9.17) is 4.74 Å². The number of carboxylic acids is 1. The number of ether oxygens (including phenoxy) is 3. The van der Waals surface area contributed by atoms with Crippen LogP contribution in [0.25, 0.3) is 0 Å². The maximum absolute atomic E-state index is 13.6. The van der Waals surface area contributed by atoms with Crippen molar-refractivity contribution < 1.29 is 42.5 Å². The number of benzene rings is 1. The van der Waals surface area contributed by atoms with E-state index in [2.05, 4.69) is 9.47 Å². The first-order valence-electron chi connectivity index (χ1n) is 7.17. The van der Waals surface area contributed by atoms with Gasteiger partial charge < -0.3 is 24.1 Å². The quantitative estimate of drug-likeness (QED) is 0.504. The standard InChI is InChI=1S/C16H18F2O7/c1-9(2)12(16(17,18)15(21)22)25-14(20)11-6-4-10(5-7-11)13(19)24-8-23-3/h4-7,9,12H,8H2,1-3H3,(H,21,22)/p-1. The van der Waals surface area contributed by atoms with E-state index in [1.807, 2.05) is 0 Å². The third kappa shape index (κ3) is 5.21.